The van der Waals surface area contributed by atoms with Gasteiger partial charge in [0.15, 0.2) is 0 Å². The molecule has 0 saturated carbocycles. The molecule has 2 heterocycles. The zero-order valence-electron chi connectivity index (χ0n) is 18.6. The lowest BCUT2D eigenvalue weighted by atomic mass is 9.96. The molecular formula is C25H32FN3O2. The highest BCUT2D eigenvalue weighted by atomic mass is 19.1. The number of likely N-dealkylation sites (N-methyl/N-ethyl adjacent to an activating group) is 1. The minimum absolute atomic E-state index is 0.0876. The molecule has 2 fully saturated rings. The molecule has 4 rings (SSSR count). The van der Waals surface area contributed by atoms with Crippen LogP contribution in [0.4, 0.5) is 15.8 Å². The largest absolute Gasteiger partial charge is 0.386 e. The van der Waals surface area contributed by atoms with E-state index >= 15 is 0 Å². The lowest BCUT2D eigenvalue weighted by molar-refractivity contribution is -0.120. The van der Waals surface area contributed by atoms with E-state index in [0.29, 0.717) is 13.0 Å². The van der Waals surface area contributed by atoms with Gasteiger partial charge in [-0.15, -0.1) is 0 Å². The lowest BCUT2D eigenvalue weighted by Crippen LogP contribution is -2.44. The third-order valence-corrected chi connectivity index (χ3v) is 6.55. The number of carbonyl (C=O) groups excluding carboxylic acids is 1. The molecule has 0 aliphatic carbocycles. The van der Waals surface area contributed by atoms with Crippen molar-refractivity contribution in [2.75, 3.05) is 49.6 Å². The summed E-state index contributed by atoms with van der Waals surface area (Å²) in [6.45, 7) is 7.93. The van der Waals surface area contributed by atoms with Gasteiger partial charge < -0.3 is 19.8 Å². The minimum atomic E-state index is -0.910. The maximum atomic E-state index is 14.1. The van der Waals surface area contributed by atoms with Crippen molar-refractivity contribution in [3.05, 3.63) is 59.4 Å². The van der Waals surface area contributed by atoms with E-state index in [1.54, 1.807) is 19.9 Å². The van der Waals surface area contributed by atoms with Crippen LogP contribution in [-0.2, 0) is 16.8 Å². The average molecular weight is 426 g/mol. The van der Waals surface area contributed by atoms with E-state index in [4.69, 9.17) is 0 Å². The number of benzene rings is 2. The molecule has 1 N–H and O–H groups in total. The van der Waals surface area contributed by atoms with E-state index in [0.717, 1.165) is 55.1 Å². The summed E-state index contributed by atoms with van der Waals surface area (Å²) in [6.07, 6.45) is 1.31. The second kappa shape index (κ2) is 8.60. The Hall–Kier alpha value is -2.44. The first-order valence-corrected chi connectivity index (χ1v) is 11.1. The molecule has 0 bridgehead atoms. The minimum Gasteiger partial charge on any atom is -0.386 e. The van der Waals surface area contributed by atoms with Gasteiger partial charge >= 0.3 is 0 Å². The number of aliphatic hydroxyl groups is 1. The van der Waals surface area contributed by atoms with Crippen LogP contribution in [0.2, 0.25) is 0 Å². The molecule has 5 nitrogen and oxygen atoms in total. The van der Waals surface area contributed by atoms with Crippen LogP contribution in [0.25, 0.3) is 0 Å². The molecule has 2 aliphatic heterocycles. The number of hydrogen-bond acceptors (Lipinski definition) is 4. The van der Waals surface area contributed by atoms with Gasteiger partial charge in [0.25, 0.3) is 0 Å². The van der Waals surface area contributed by atoms with Crippen LogP contribution >= 0.6 is 0 Å². The van der Waals surface area contributed by atoms with Crippen molar-refractivity contribution < 1.29 is 14.3 Å². The zero-order valence-corrected chi connectivity index (χ0v) is 18.6. The highest BCUT2D eigenvalue weighted by molar-refractivity contribution is 5.97. The number of rotatable bonds is 5. The van der Waals surface area contributed by atoms with Gasteiger partial charge in [-0.2, -0.15) is 0 Å². The molecule has 0 spiro atoms. The van der Waals surface area contributed by atoms with Gasteiger partial charge in [-0.1, -0.05) is 12.1 Å². The fourth-order valence-corrected chi connectivity index (χ4v) is 4.57. The maximum absolute atomic E-state index is 14.1. The Kier molecular flexibility index (Phi) is 6.04. The first-order chi connectivity index (χ1) is 14.7. The van der Waals surface area contributed by atoms with Gasteiger partial charge in [-0.25, -0.2) is 4.39 Å². The third kappa shape index (κ3) is 4.75. The van der Waals surface area contributed by atoms with Gasteiger partial charge in [0, 0.05) is 50.0 Å². The number of hydrogen-bond donors (Lipinski definition) is 1. The summed E-state index contributed by atoms with van der Waals surface area (Å²) in [4.78, 5) is 19.6. The van der Waals surface area contributed by atoms with E-state index in [1.165, 1.54) is 6.07 Å². The third-order valence-electron chi connectivity index (χ3n) is 6.55. The van der Waals surface area contributed by atoms with E-state index in [1.807, 2.05) is 35.2 Å². The summed E-state index contributed by atoms with van der Waals surface area (Å²) < 4.78 is 14.1. The Morgan fingerprint density at radius 3 is 2.35 bits per heavy atom. The predicted octanol–water partition coefficient (Wildman–Crippen LogP) is 3.40. The van der Waals surface area contributed by atoms with Gasteiger partial charge in [-0.05, 0) is 75.2 Å². The highest BCUT2D eigenvalue weighted by Gasteiger charge is 2.33. The molecule has 2 aliphatic rings. The number of piperazine rings is 1. The highest BCUT2D eigenvalue weighted by Crippen LogP contribution is 2.32. The molecule has 2 aromatic carbocycles. The molecule has 2 aromatic rings. The van der Waals surface area contributed by atoms with Crippen LogP contribution < -0.4 is 9.80 Å². The molecule has 31 heavy (non-hydrogen) atoms. The Morgan fingerprint density at radius 2 is 1.71 bits per heavy atom. The number of amides is 1. The molecular weight excluding hydrogens is 393 g/mol. The molecule has 1 atom stereocenters. The fourth-order valence-electron chi connectivity index (χ4n) is 4.57. The Balaban J connectivity index is 1.49. The predicted molar refractivity (Wildman–Crippen MR) is 122 cm³/mol. The second-order valence-corrected chi connectivity index (χ2v) is 9.35. The van der Waals surface area contributed by atoms with Gasteiger partial charge in [-0.3, -0.25) is 4.79 Å². The molecule has 6 heteroatoms. The van der Waals surface area contributed by atoms with Crippen LogP contribution in [-0.4, -0.2) is 55.7 Å². The van der Waals surface area contributed by atoms with Crippen molar-refractivity contribution in [1.29, 1.82) is 0 Å². The monoisotopic (exact) mass is 425 g/mol. The SMILES string of the molecule is CN1CCN(c2ccc(F)cc2C[C@H]2CCN(c3ccc(C(C)(C)O)cc3)C2=O)CC1. The Bertz CT molecular complexity index is 931. The fraction of sp³-hybridized carbons (Fsp3) is 0.480. The average Bonchev–Trinajstić information content (AvgIpc) is 3.09. The van der Waals surface area contributed by atoms with Crippen LogP contribution in [0.15, 0.2) is 42.5 Å². The first-order valence-electron chi connectivity index (χ1n) is 11.1. The first kappa shape index (κ1) is 21.8. The lowest BCUT2D eigenvalue weighted by Gasteiger charge is -2.35. The summed E-state index contributed by atoms with van der Waals surface area (Å²) in [5.74, 6) is -0.316. The number of halogens is 1. The van der Waals surface area contributed by atoms with Crippen LogP contribution in [0.1, 0.15) is 31.4 Å². The van der Waals surface area contributed by atoms with Crippen LogP contribution in [0.5, 0.6) is 0 Å². The van der Waals surface area contributed by atoms with Crippen molar-refractivity contribution in [2.24, 2.45) is 5.92 Å². The molecule has 1 amide bonds. The van der Waals surface area contributed by atoms with Gasteiger partial charge in [0.05, 0.1) is 5.60 Å². The van der Waals surface area contributed by atoms with Gasteiger partial charge in [0.1, 0.15) is 5.82 Å². The molecule has 166 valence electrons. The summed E-state index contributed by atoms with van der Waals surface area (Å²) in [5.41, 5.74) is 2.72. The van der Waals surface area contributed by atoms with E-state index in [-0.39, 0.29) is 17.6 Å². The molecule has 2 saturated heterocycles. The van der Waals surface area contributed by atoms with E-state index in [9.17, 15) is 14.3 Å². The van der Waals surface area contributed by atoms with Crippen molar-refractivity contribution >= 4 is 17.3 Å². The number of nitrogens with zero attached hydrogens (tertiary/aromatic N) is 3. The number of anilines is 2. The summed E-state index contributed by atoms with van der Waals surface area (Å²) in [7, 11) is 2.11. The normalized spacial score (nSPS) is 20.5. The van der Waals surface area contributed by atoms with Crippen LogP contribution in [0.3, 0.4) is 0 Å². The smallest absolute Gasteiger partial charge is 0.230 e. The quantitative estimate of drug-likeness (QED) is 0.798. The summed E-state index contributed by atoms with van der Waals surface area (Å²) in [6, 6.07) is 12.5. The second-order valence-electron chi connectivity index (χ2n) is 9.35. The van der Waals surface area contributed by atoms with Crippen molar-refractivity contribution in [2.45, 2.75) is 32.3 Å². The topological polar surface area (TPSA) is 47.0 Å². The molecule has 0 radical (unpaired) electrons. The van der Waals surface area contributed by atoms with E-state index < -0.39 is 5.60 Å². The van der Waals surface area contributed by atoms with Crippen molar-refractivity contribution in [3.63, 3.8) is 0 Å². The maximum Gasteiger partial charge on any atom is 0.230 e. The Labute approximate surface area is 184 Å². The van der Waals surface area contributed by atoms with E-state index in [2.05, 4.69) is 16.8 Å². The molecule has 0 aromatic heterocycles. The Morgan fingerprint density at radius 1 is 1.03 bits per heavy atom. The summed E-state index contributed by atoms with van der Waals surface area (Å²) in [5, 5.41) is 10.2. The van der Waals surface area contributed by atoms with Gasteiger partial charge in [0.2, 0.25) is 5.91 Å². The standard InChI is InChI=1S/C25H32FN3O2/c1-25(2,31)20-4-7-22(8-5-20)29-11-10-18(24(29)30)16-19-17-21(26)6-9-23(19)28-14-12-27(3)13-15-28/h4-9,17-18,31H,10-16H2,1-3H3/t18-/m1/s1. The van der Waals surface area contributed by atoms with Crippen molar-refractivity contribution in [1.82, 2.24) is 4.90 Å². The zero-order chi connectivity index (χ0) is 22.2. The molecule has 0 unspecified atom stereocenters. The van der Waals surface area contributed by atoms with Crippen LogP contribution in [0, 0.1) is 11.7 Å². The van der Waals surface area contributed by atoms with Crippen molar-refractivity contribution in [3.8, 4) is 0 Å². The number of carbonyl (C=O) groups is 1. The summed E-state index contributed by atoms with van der Waals surface area (Å²) >= 11 is 0.